The van der Waals surface area contributed by atoms with Crippen LogP contribution in [-0.2, 0) is 5.41 Å². The van der Waals surface area contributed by atoms with E-state index in [9.17, 15) is 0 Å². The second-order valence-electron chi connectivity index (χ2n) is 12.8. The van der Waals surface area contributed by atoms with Gasteiger partial charge in [-0.05, 0) is 94.0 Å². The molecule has 0 unspecified atom stereocenters. The van der Waals surface area contributed by atoms with E-state index >= 15 is 0 Å². The van der Waals surface area contributed by atoms with Crippen LogP contribution in [0.5, 0.6) is 0 Å². The predicted molar refractivity (Wildman–Crippen MR) is 193 cm³/mol. The van der Waals surface area contributed by atoms with Crippen molar-refractivity contribution in [1.29, 1.82) is 0 Å². The largest absolute Gasteiger partial charge is 0.0622 e. The Labute approximate surface area is 264 Å². The summed E-state index contributed by atoms with van der Waals surface area (Å²) >= 11 is 0. The Hall–Kier alpha value is -5.46. The molecule has 8 aromatic rings. The highest BCUT2D eigenvalue weighted by atomic mass is 14.4. The van der Waals surface area contributed by atoms with E-state index in [1.54, 1.807) is 0 Å². The van der Waals surface area contributed by atoms with Crippen LogP contribution in [0.2, 0.25) is 0 Å². The summed E-state index contributed by atoms with van der Waals surface area (Å²) in [6.45, 7) is 4.73. The molecule has 212 valence electrons. The molecule has 9 rings (SSSR count). The molecule has 45 heavy (non-hydrogen) atoms. The first-order valence-corrected chi connectivity index (χ1v) is 15.9. The van der Waals surface area contributed by atoms with Crippen molar-refractivity contribution in [3.63, 3.8) is 0 Å². The van der Waals surface area contributed by atoms with Crippen LogP contribution in [0.15, 0.2) is 158 Å². The van der Waals surface area contributed by atoms with E-state index < -0.39 is 0 Å². The van der Waals surface area contributed by atoms with Crippen molar-refractivity contribution < 1.29 is 0 Å². The lowest BCUT2D eigenvalue weighted by Gasteiger charge is -2.23. The summed E-state index contributed by atoms with van der Waals surface area (Å²) in [7, 11) is 0. The van der Waals surface area contributed by atoms with Gasteiger partial charge in [0.25, 0.3) is 0 Å². The SMILES string of the molecule is CC1(C)c2ccccc2-c2ccc(-c3c4ccccc4c(-c4c(-c5ccccc5)ccc5ccccc45)c4ccccc34)cc21. The highest BCUT2D eigenvalue weighted by Gasteiger charge is 2.35. The van der Waals surface area contributed by atoms with E-state index in [2.05, 4.69) is 172 Å². The zero-order valence-corrected chi connectivity index (χ0v) is 25.5. The van der Waals surface area contributed by atoms with Crippen LogP contribution in [0.4, 0.5) is 0 Å². The fraction of sp³-hybridized carbons (Fsp3) is 0.0667. The zero-order valence-electron chi connectivity index (χ0n) is 25.5. The summed E-state index contributed by atoms with van der Waals surface area (Å²) in [4.78, 5) is 0. The third-order valence-electron chi connectivity index (χ3n) is 10.1. The Bertz CT molecular complexity index is 2390. The molecule has 0 aromatic heterocycles. The summed E-state index contributed by atoms with van der Waals surface area (Å²) in [5.41, 5.74) is 13.1. The van der Waals surface area contributed by atoms with Crippen molar-refractivity contribution in [2.45, 2.75) is 19.3 Å². The number of rotatable bonds is 3. The molecule has 0 fully saturated rings. The molecule has 0 heterocycles. The average molecular weight is 573 g/mol. The Kier molecular flexibility index (Phi) is 5.64. The third-order valence-corrected chi connectivity index (χ3v) is 10.1. The molecule has 0 spiro atoms. The van der Waals surface area contributed by atoms with E-state index in [0.717, 1.165) is 0 Å². The molecular weight excluding hydrogens is 540 g/mol. The minimum absolute atomic E-state index is 0.0545. The zero-order chi connectivity index (χ0) is 30.1. The van der Waals surface area contributed by atoms with Crippen molar-refractivity contribution in [2.24, 2.45) is 0 Å². The first kappa shape index (κ1) is 26.0. The van der Waals surface area contributed by atoms with E-state index in [1.807, 2.05) is 0 Å². The van der Waals surface area contributed by atoms with Crippen LogP contribution in [0.25, 0.3) is 76.8 Å². The second-order valence-corrected chi connectivity index (χ2v) is 12.8. The van der Waals surface area contributed by atoms with E-state index in [0.29, 0.717) is 0 Å². The Morgan fingerprint density at radius 1 is 0.333 bits per heavy atom. The van der Waals surface area contributed by atoms with Gasteiger partial charge < -0.3 is 0 Å². The molecule has 0 radical (unpaired) electrons. The molecule has 0 N–H and O–H groups in total. The highest BCUT2D eigenvalue weighted by Crippen LogP contribution is 2.52. The maximum Gasteiger partial charge on any atom is 0.0159 e. The Balaban J connectivity index is 1.40. The van der Waals surface area contributed by atoms with E-state index in [-0.39, 0.29) is 5.41 Å². The third kappa shape index (κ3) is 3.79. The van der Waals surface area contributed by atoms with Crippen molar-refractivity contribution in [1.82, 2.24) is 0 Å². The van der Waals surface area contributed by atoms with Gasteiger partial charge in [-0.3, -0.25) is 0 Å². The smallest absolute Gasteiger partial charge is 0.0159 e. The fourth-order valence-electron chi connectivity index (χ4n) is 7.97. The van der Waals surface area contributed by atoms with Gasteiger partial charge in [0, 0.05) is 5.41 Å². The Morgan fingerprint density at radius 3 is 1.58 bits per heavy atom. The molecule has 0 amide bonds. The number of benzene rings is 8. The summed E-state index contributed by atoms with van der Waals surface area (Å²) in [5.74, 6) is 0. The van der Waals surface area contributed by atoms with Gasteiger partial charge in [0.1, 0.15) is 0 Å². The van der Waals surface area contributed by atoms with Gasteiger partial charge in [-0.2, -0.15) is 0 Å². The van der Waals surface area contributed by atoms with Crippen LogP contribution >= 0.6 is 0 Å². The topological polar surface area (TPSA) is 0 Å². The molecule has 1 aliphatic rings. The summed E-state index contributed by atoms with van der Waals surface area (Å²) in [5, 5.41) is 7.66. The molecule has 0 nitrogen and oxygen atoms in total. The summed E-state index contributed by atoms with van der Waals surface area (Å²) in [6.07, 6.45) is 0. The van der Waals surface area contributed by atoms with Gasteiger partial charge in [-0.15, -0.1) is 0 Å². The van der Waals surface area contributed by atoms with E-state index in [4.69, 9.17) is 0 Å². The lowest BCUT2D eigenvalue weighted by Crippen LogP contribution is -2.14. The van der Waals surface area contributed by atoms with Gasteiger partial charge >= 0.3 is 0 Å². The molecule has 0 heteroatoms. The average Bonchev–Trinajstić information content (AvgIpc) is 3.33. The molecular formula is C45H32. The van der Waals surface area contributed by atoms with Crippen LogP contribution in [0.1, 0.15) is 25.0 Å². The second kappa shape index (κ2) is 9.78. The molecule has 0 atom stereocenters. The minimum atomic E-state index is -0.0545. The van der Waals surface area contributed by atoms with Gasteiger partial charge in [0.2, 0.25) is 0 Å². The molecule has 0 aliphatic heterocycles. The normalized spacial score (nSPS) is 13.3. The summed E-state index contributed by atoms with van der Waals surface area (Å²) < 4.78 is 0. The van der Waals surface area contributed by atoms with Gasteiger partial charge in [-0.1, -0.05) is 166 Å². The first-order chi connectivity index (χ1) is 22.1. The molecule has 8 aromatic carbocycles. The van der Waals surface area contributed by atoms with Gasteiger partial charge in [0.05, 0.1) is 0 Å². The minimum Gasteiger partial charge on any atom is -0.0622 e. The van der Waals surface area contributed by atoms with Gasteiger partial charge in [0.15, 0.2) is 0 Å². The van der Waals surface area contributed by atoms with Crippen LogP contribution < -0.4 is 0 Å². The molecule has 0 bridgehead atoms. The Morgan fingerprint density at radius 2 is 0.867 bits per heavy atom. The van der Waals surface area contributed by atoms with Crippen molar-refractivity contribution >= 4 is 32.3 Å². The quantitative estimate of drug-likeness (QED) is 0.185. The van der Waals surface area contributed by atoms with Crippen molar-refractivity contribution in [2.75, 3.05) is 0 Å². The van der Waals surface area contributed by atoms with Crippen LogP contribution in [0.3, 0.4) is 0 Å². The van der Waals surface area contributed by atoms with Crippen molar-refractivity contribution in [3.8, 4) is 44.5 Å². The van der Waals surface area contributed by atoms with Crippen LogP contribution in [0, 0.1) is 0 Å². The molecule has 0 saturated carbocycles. The van der Waals surface area contributed by atoms with Gasteiger partial charge in [-0.25, -0.2) is 0 Å². The first-order valence-electron chi connectivity index (χ1n) is 15.9. The summed E-state index contributed by atoms with van der Waals surface area (Å²) in [6, 6.07) is 58.4. The molecule has 1 aliphatic carbocycles. The number of hydrogen-bond donors (Lipinski definition) is 0. The van der Waals surface area contributed by atoms with Crippen molar-refractivity contribution in [3.05, 3.63) is 169 Å². The standard InChI is InChI=1S/C45H32/c1-45(2)40-23-13-12-18-34(40)35-27-25-31(28-41(35)45)42-36-19-8-10-21-38(36)44(39-22-11-9-20-37(39)42)43-32-17-7-6-16-30(32)24-26-33(43)29-14-4-3-5-15-29/h3-28H,1-2H3. The fourth-order valence-corrected chi connectivity index (χ4v) is 7.97. The lowest BCUT2D eigenvalue weighted by molar-refractivity contribution is 0.660. The maximum atomic E-state index is 2.47. The van der Waals surface area contributed by atoms with E-state index in [1.165, 1.54) is 88.0 Å². The highest BCUT2D eigenvalue weighted by molar-refractivity contribution is 6.25. The van der Waals surface area contributed by atoms with Crippen LogP contribution in [-0.4, -0.2) is 0 Å². The maximum absolute atomic E-state index is 2.47. The number of hydrogen-bond acceptors (Lipinski definition) is 0. The predicted octanol–water partition coefficient (Wildman–Crippen LogP) is 12.5. The monoisotopic (exact) mass is 572 g/mol. The molecule has 0 saturated heterocycles. The lowest BCUT2D eigenvalue weighted by atomic mass is 9.79. The number of fused-ring (bicyclic) bond motifs is 6.